The Hall–Kier alpha value is -2.57. The van der Waals surface area contributed by atoms with Gasteiger partial charge in [0.05, 0.1) is 20.8 Å². The van der Waals surface area contributed by atoms with E-state index >= 15 is 0 Å². The molecule has 0 aliphatic carbocycles. The van der Waals surface area contributed by atoms with E-state index in [4.69, 9.17) is 9.47 Å². The number of nitrogens with one attached hydrogen (secondary N) is 1. The molecule has 0 aliphatic rings. The summed E-state index contributed by atoms with van der Waals surface area (Å²) in [6, 6.07) is 5.05. The van der Waals surface area contributed by atoms with E-state index in [0.29, 0.717) is 29.4 Å². The molecule has 7 nitrogen and oxygen atoms in total. The minimum atomic E-state index is -0.154. The van der Waals surface area contributed by atoms with E-state index in [9.17, 15) is 4.79 Å². The fraction of sp³-hybridized carbons (Fsp3) is 0.308. The Labute approximate surface area is 116 Å². The highest BCUT2D eigenvalue weighted by Gasteiger charge is 2.15. The van der Waals surface area contributed by atoms with E-state index in [-0.39, 0.29) is 5.91 Å². The van der Waals surface area contributed by atoms with Gasteiger partial charge in [0.2, 0.25) is 0 Å². The Kier molecular flexibility index (Phi) is 4.19. The number of benzene rings is 1. The lowest BCUT2D eigenvalue weighted by atomic mass is 10.1. The highest BCUT2D eigenvalue weighted by atomic mass is 16.5. The van der Waals surface area contributed by atoms with Gasteiger partial charge < -0.3 is 14.4 Å². The predicted molar refractivity (Wildman–Crippen MR) is 71.7 cm³/mol. The second-order valence-electron chi connectivity index (χ2n) is 4.19. The van der Waals surface area contributed by atoms with Gasteiger partial charge in [-0.1, -0.05) is 0 Å². The molecule has 0 spiro atoms. The van der Waals surface area contributed by atoms with Crippen LogP contribution >= 0.6 is 0 Å². The predicted octanol–water partition coefficient (Wildman–Crippen LogP) is 1.09. The van der Waals surface area contributed by atoms with Gasteiger partial charge >= 0.3 is 0 Å². The summed E-state index contributed by atoms with van der Waals surface area (Å²) in [6.07, 6.45) is 1.40. The number of rotatable bonds is 5. The first-order valence-corrected chi connectivity index (χ1v) is 5.97. The van der Waals surface area contributed by atoms with Gasteiger partial charge in [-0.3, -0.25) is 9.89 Å². The van der Waals surface area contributed by atoms with Crippen molar-refractivity contribution in [2.24, 2.45) is 0 Å². The molecular formula is C13H16N4O3. The number of nitrogens with zero attached hydrogens (tertiary/aromatic N) is 3. The quantitative estimate of drug-likeness (QED) is 0.884. The molecule has 0 unspecified atom stereocenters. The molecule has 0 aliphatic heterocycles. The van der Waals surface area contributed by atoms with Crippen molar-refractivity contribution in [3.05, 3.63) is 35.9 Å². The summed E-state index contributed by atoms with van der Waals surface area (Å²) in [6.45, 7) is 0.346. The highest BCUT2D eigenvalue weighted by Crippen LogP contribution is 2.23. The molecule has 0 bridgehead atoms. The lowest BCUT2D eigenvalue weighted by Gasteiger charge is -2.16. The first-order valence-electron chi connectivity index (χ1n) is 5.97. The molecule has 0 fully saturated rings. The standard InChI is InChI=1S/C13H16N4O3/c1-17(7-12-14-8-15-16-12)13(18)9-4-10(19-2)6-11(5-9)20-3/h4-6,8H,7H2,1-3H3,(H,14,15,16). The Balaban J connectivity index is 2.19. The number of hydrogen-bond donors (Lipinski definition) is 1. The number of amides is 1. The van der Waals surface area contributed by atoms with Crippen molar-refractivity contribution in [2.45, 2.75) is 6.54 Å². The average molecular weight is 276 g/mol. The summed E-state index contributed by atoms with van der Waals surface area (Å²) < 4.78 is 10.3. The molecule has 1 aromatic heterocycles. The number of hydrogen-bond acceptors (Lipinski definition) is 5. The number of ether oxygens (including phenoxy) is 2. The molecule has 0 saturated heterocycles. The van der Waals surface area contributed by atoms with Crippen LogP contribution in [0, 0.1) is 0 Å². The molecule has 1 aromatic carbocycles. The van der Waals surface area contributed by atoms with E-state index < -0.39 is 0 Å². The molecule has 0 atom stereocenters. The Bertz CT molecular complexity index is 561. The van der Waals surface area contributed by atoms with Crippen LogP contribution in [0.15, 0.2) is 24.5 Å². The highest BCUT2D eigenvalue weighted by molar-refractivity contribution is 5.94. The minimum absolute atomic E-state index is 0.154. The van der Waals surface area contributed by atoms with Gasteiger partial charge in [-0.2, -0.15) is 5.10 Å². The van der Waals surface area contributed by atoms with Crippen molar-refractivity contribution in [3.8, 4) is 11.5 Å². The second-order valence-corrected chi connectivity index (χ2v) is 4.19. The zero-order chi connectivity index (χ0) is 14.5. The molecule has 106 valence electrons. The third-order valence-corrected chi connectivity index (χ3v) is 2.80. The van der Waals surface area contributed by atoms with Crippen molar-refractivity contribution in [3.63, 3.8) is 0 Å². The molecule has 1 amide bonds. The fourth-order valence-electron chi connectivity index (χ4n) is 1.75. The summed E-state index contributed by atoms with van der Waals surface area (Å²) in [7, 11) is 4.78. The van der Waals surface area contributed by atoms with Gasteiger partial charge in [-0.15, -0.1) is 0 Å². The SMILES string of the molecule is COc1cc(OC)cc(C(=O)N(C)Cc2ncn[nH]2)c1. The number of carbonyl (C=O) groups excluding carboxylic acids is 1. The smallest absolute Gasteiger partial charge is 0.254 e. The van der Waals surface area contributed by atoms with Crippen LogP contribution in [0.1, 0.15) is 16.2 Å². The van der Waals surface area contributed by atoms with Gasteiger partial charge in [-0.25, -0.2) is 4.98 Å². The van der Waals surface area contributed by atoms with Gasteiger partial charge in [0.1, 0.15) is 23.7 Å². The van der Waals surface area contributed by atoms with E-state index in [2.05, 4.69) is 15.2 Å². The molecule has 7 heteroatoms. The van der Waals surface area contributed by atoms with Crippen LogP contribution in [-0.4, -0.2) is 47.3 Å². The topological polar surface area (TPSA) is 80.3 Å². The zero-order valence-electron chi connectivity index (χ0n) is 11.6. The van der Waals surface area contributed by atoms with Crippen LogP contribution in [0.2, 0.25) is 0 Å². The van der Waals surface area contributed by atoms with E-state index in [1.165, 1.54) is 11.2 Å². The van der Waals surface area contributed by atoms with Crippen molar-refractivity contribution >= 4 is 5.91 Å². The van der Waals surface area contributed by atoms with Crippen molar-refractivity contribution in [1.29, 1.82) is 0 Å². The van der Waals surface area contributed by atoms with Gasteiger partial charge in [0, 0.05) is 18.7 Å². The molecule has 0 radical (unpaired) electrons. The monoisotopic (exact) mass is 276 g/mol. The molecule has 20 heavy (non-hydrogen) atoms. The number of aromatic nitrogens is 3. The normalized spacial score (nSPS) is 10.2. The number of methoxy groups -OCH3 is 2. The second kappa shape index (κ2) is 6.05. The molecule has 2 aromatic rings. The Morgan fingerprint density at radius 1 is 1.25 bits per heavy atom. The van der Waals surface area contributed by atoms with Crippen molar-refractivity contribution < 1.29 is 14.3 Å². The van der Waals surface area contributed by atoms with E-state index in [1.54, 1.807) is 39.5 Å². The zero-order valence-corrected chi connectivity index (χ0v) is 11.6. The maximum atomic E-state index is 12.4. The van der Waals surface area contributed by atoms with E-state index in [0.717, 1.165) is 0 Å². The maximum Gasteiger partial charge on any atom is 0.254 e. The molecular weight excluding hydrogens is 260 g/mol. The Morgan fingerprint density at radius 2 is 1.90 bits per heavy atom. The van der Waals surface area contributed by atoms with Gasteiger partial charge in [0.15, 0.2) is 0 Å². The largest absolute Gasteiger partial charge is 0.497 e. The third-order valence-electron chi connectivity index (χ3n) is 2.80. The third kappa shape index (κ3) is 3.05. The van der Waals surface area contributed by atoms with Gasteiger partial charge in [-0.05, 0) is 12.1 Å². The first kappa shape index (κ1) is 13.9. The van der Waals surface area contributed by atoms with Crippen molar-refractivity contribution in [2.75, 3.05) is 21.3 Å². The average Bonchev–Trinajstić information content (AvgIpc) is 2.98. The summed E-state index contributed by atoms with van der Waals surface area (Å²) in [5.41, 5.74) is 0.489. The number of carbonyl (C=O) groups is 1. The van der Waals surface area contributed by atoms with Crippen molar-refractivity contribution in [1.82, 2.24) is 20.1 Å². The molecule has 0 saturated carbocycles. The molecule has 1 N–H and O–H groups in total. The van der Waals surface area contributed by atoms with Crippen LogP contribution in [0.3, 0.4) is 0 Å². The lowest BCUT2D eigenvalue weighted by Crippen LogP contribution is -2.26. The summed E-state index contributed by atoms with van der Waals surface area (Å²) in [5, 5.41) is 6.46. The number of H-pyrrole nitrogens is 1. The lowest BCUT2D eigenvalue weighted by molar-refractivity contribution is 0.0781. The first-order chi connectivity index (χ1) is 9.63. The maximum absolute atomic E-state index is 12.4. The van der Waals surface area contributed by atoms with Crippen LogP contribution in [0.4, 0.5) is 0 Å². The van der Waals surface area contributed by atoms with Crippen LogP contribution in [0.25, 0.3) is 0 Å². The summed E-state index contributed by atoms with van der Waals surface area (Å²) in [5.74, 6) is 1.61. The molecule has 1 heterocycles. The van der Waals surface area contributed by atoms with Crippen LogP contribution in [0.5, 0.6) is 11.5 Å². The Morgan fingerprint density at radius 3 is 2.40 bits per heavy atom. The van der Waals surface area contributed by atoms with Gasteiger partial charge in [0.25, 0.3) is 5.91 Å². The van der Waals surface area contributed by atoms with Crippen LogP contribution in [-0.2, 0) is 6.54 Å². The molecule has 2 rings (SSSR count). The van der Waals surface area contributed by atoms with E-state index in [1.807, 2.05) is 0 Å². The summed E-state index contributed by atoms with van der Waals surface area (Å²) in [4.78, 5) is 17.9. The van der Waals surface area contributed by atoms with Crippen LogP contribution < -0.4 is 9.47 Å². The fourth-order valence-corrected chi connectivity index (χ4v) is 1.75. The summed E-state index contributed by atoms with van der Waals surface area (Å²) >= 11 is 0. The minimum Gasteiger partial charge on any atom is -0.497 e. The number of aromatic amines is 1.